The monoisotopic (exact) mass is 337 g/mol. The van der Waals surface area contributed by atoms with Crippen molar-refractivity contribution in [2.45, 2.75) is 69.6 Å². The smallest absolute Gasteiger partial charge is 0.302 e. The van der Waals surface area contributed by atoms with Gasteiger partial charge in [-0.2, -0.15) is 0 Å². The van der Waals surface area contributed by atoms with Crippen molar-refractivity contribution in [1.29, 1.82) is 0 Å². The fourth-order valence-corrected chi connectivity index (χ4v) is 6.79. The summed E-state index contributed by atoms with van der Waals surface area (Å²) in [5.74, 6) is -1.10. The van der Waals surface area contributed by atoms with E-state index < -0.39 is 27.8 Å². The van der Waals surface area contributed by atoms with Crippen LogP contribution in [0.1, 0.15) is 52.4 Å². The molecular formula is C18H27NO5. The predicted molar refractivity (Wildman–Crippen MR) is 85.4 cm³/mol. The molecular weight excluding hydrogens is 310 g/mol. The van der Waals surface area contributed by atoms with Crippen molar-refractivity contribution in [3.63, 3.8) is 0 Å². The molecule has 0 aromatic heterocycles. The van der Waals surface area contributed by atoms with Gasteiger partial charge in [0, 0.05) is 25.7 Å². The van der Waals surface area contributed by atoms with Crippen LogP contribution in [0.5, 0.6) is 0 Å². The number of piperidine rings is 2. The van der Waals surface area contributed by atoms with E-state index in [0.717, 1.165) is 6.42 Å². The third kappa shape index (κ3) is 1.77. The molecule has 4 aliphatic rings. The normalized spacial score (nSPS) is 53.2. The van der Waals surface area contributed by atoms with E-state index in [2.05, 4.69) is 0 Å². The Kier molecular flexibility index (Phi) is 3.45. The molecule has 0 aromatic rings. The molecule has 2 heterocycles. The van der Waals surface area contributed by atoms with E-state index in [1.54, 1.807) is 0 Å². The minimum Gasteiger partial charge on any atom is -0.632 e. The molecule has 134 valence electrons. The molecule has 0 aromatic carbocycles. The number of hydrogen-bond acceptors (Lipinski definition) is 5. The van der Waals surface area contributed by atoms with Gasteiger partial charge < -0.3 is 19.7 Å². The highest BCUT2D eigenvalue weighted by atomic mass is 16.6. The molecule has 2 saturated heterocycles. The first-order chi connectivity index (χ1) is 11.3. The maximum Gasteiger partial charge on any atom is 0.302 e. The summed E-state index contributed by atoms with van der Waals surface area (Å²) in [6.45, 7) is 4.34. The van der Waals surface area contributed by atoms with Crippen molar-refractivity contribution >= 4 is 11.8 Å². The summed E-state index contributed by atoms with van der Waals surface area (Å²) in [6, 6.07) is 0. The van der Waals surface area contributed by atoms with E-state index in [1.165, 1.54) is 6.92 Å². The SMILES string of the molecule is CC(=O)O[C@H]1[C@H]2CC(=O)[C@H]3CCC[N+]4([O-])CCC[C@@]2(O)[C@]34C[C@@H]1C. The summed E-state index contributed by atoms with van der Waals surface area (Å²) in [7, 11) is 0. The van der Waals surface area contributed by atoms with Gasteiger partial charge in [0.15, 0.2) is 0 Å². The van der Waals surface area contributed by atoms with Crippen LogP contribution >= 0.6 is 0 Å². The number of rotatable bonds is 1. The first-order valence-corrected chi connectivity index (χ1v) is 9.26. The summed E-state index contributed by atoms with van der Waals surface area (Å²) >= 11 is 0. The van der Waals surface area contributed by atoms with Crippen molar-refractivity contribution in [3.8, 4) is 0 Å². The summed E-state index contributed by atoms with van der Waals surface area (Å²) in [5.41, 5.74) is -2.13. The maximum absolute atomic E-state index is 13.8. The van der Waals surface area contributed by atoms with E-state index in [0.29, 0.717) is 38.8 Å². The van der Waals surface area contributed by atoms with Crippen LogP contribution in [-0.4, -0.2) is 51.8 Å². The number of aliphatic hydroxyl groups is 1. The van der Waals surface area contributed by atoms with Gasteiger partial charge in [0.05, 0.1) is 19.0 Å². The van der Waals surface area contributed by atoms with Gasteiger partial charge in [-0.25, -0.2) is 0 Å². The maximum atomic E-state index is 13.8. The minimum absolute atomic E-state index is 0.0163. The number of Topliss-reactive ketones (excluding diaryl/α,β-unsaturated/α-hetero) is 1. The van der Waals surface area contributed by atoms with Crippen LogP contribution in [0.3, 0.4) is 0 Å². The largest absolute Gasteiger partial charge is 0.632 e. The van der Waals surface area contributed by atoms with Crippen LogP contribution in [0, 0.1) is 23.0 Å². The zero-order chi connectivity index (χ0) is 17.3. The van der Waals surface area contributed by atoms with Crippen LogP contribution in [0.2, 0.25) is 0 Å². The average Bonchev–Trinajstić information content (AvgIpc) is 2.48. The molecule has 4 fully saturated rings. The number of carbonyl (C=O) groups excluding carboxylic acids is 2. The van der Waals surface area contributed by atoms with E-state index in [-0.39, 0.29) is 30.0 Å². The average molecular weight is 337 g/mol. The Bertz CT molecular complexity index is 590. The molecule has 4 rings (SSSR count). The highest BCUT2D eigenvalue weighted by Crippen LogP contribution is 2.64. The van der Waals surface area contributed by atoms with Gasteiger partial charge in [0.25, 0.3) is 0 Å². The lowest BCUT2D eigenvalue weighted by Crippen LogP contribution is -2.86. The van der Waals surface area contributed by atoms with Gasteiger partial charge in [-0.15, -0.1) is 0 Å². The Morgan fingerprint density at radius 3 is 2.79 bits per heavy atom. The molecule has 24 heavy (non-hydrogen) atoms. The molecule has 2 bridgehead atoms. The number of quaternary nitrogens is 1. The summed E-state index contributed by atoms with van der Waals surface area (Å²) in [6.07, 6.45) is 2.89. The lowest BCUT2D eigenvalue weighted by Gasteiger charge is -2.74. The molecule has 1 N–H and O–H groups in total. The Balaban J connectivity index is 1.87. The lowest BCUT2D eigenvalue weighted by atomic mass is 9.45. The van der Waals surface area contributed by atoms with Gasteiger partial charge in [-0.1, -0.05) is 6.92 Å². The van der Waals surface area contributed by atoms with Crippen LogP contribution in [0.4, 0.5) is 0 Å². The summed E-state index contributed by atoms with van der Waals surface area (Å²) in [4.78, 5) is 24.5. The first-order valence-electron chi connectivity index (χ1n) is 9.26. The highest BCUT2D eigenvalue weighted by molar-refractivity contribution is 5.85. The van der Waals surface area contributed by atoms with Crippen molar-refractivity contribution in [1.82, 2.24) is 0 Å². The Morgan fingerprint density at radius 1 is 1.38 bits per heavy atom. The van der Waals surface area contributed by atoms with Gasteiger partial charge >= 0.3 is 5.97 Å². The van der Waals surface area contributed by atoms with E-state index >= 15 is 0 Å². The van der Waals surface area contributed by atoms with Crippen LogP contribution in [-0.2, 0) is 14.3 Å². The Morgan fingerprint density at radius 2 is 2.08 bits per heavy atom. The van der Waals surface area contributed by atoms with Crippen molar-refractivity contribution in [2.24, 2.45) is 17.8 Å². The zero-order valence-electron chi connectivity index (χ0n) is 14.5. The number of esters is 1. The topological polar surface area (TPSA) is 86.7 Å². The number of ketones is 1. The minimum atomic E-state index is -1.20. The molecule has 0 radical (unpaired) electrons. The van der Waals surface area contributed by atoms with E-state index in [9.17, 15) is 19.9 Å². The highest BCUT2D eigenvalue weighted by Gasteiger charge is 2.77. The van der Waals surface area contributed by atoms with Crippen LogP contribution < -0.4 is 0 Å². The van der Waals surface area contributed by atoms with E-state index in [4.69, 9.17) is 4.74 Å². The zero-order valence-corrected chi connectivity index (χ0v) is 14.5. The molecule has 0 amide bonds. The fraction of sp³-hybridized carbons (Fsp3) is 0.889. The van der Waals surface area contributed by atoms with Crippen LogP contribution in [0.25, 0.3) is 0 Å². The third-order valence-electron chi connectivity index (χ3n) is 7.46. The number of hydroxylamine groups is 3. The van der Waals surface area contributed by atoms with Crippen LogP contribution in [0.15, 0.2) is 0 Å². The molecule has 1 unspecified atom stereocenters. The van der Waals surface area contributed by atoms with Crippen molar-refractivity contribution in [3.05, 3.63) is 5.21 Å². The standard InChI is InChI=1S/C18H27NO5/c1-11-10-17-13-5-3-7-19(17,23)8-4-6-18(17,22)14(9-15(13)21)16(11)24-12(2)20/h11,13-14,16,22H,3-10H2,1-2H3/t11-,13+,14+,16+,17-,18-,19?/m0/s1. The fourth-order valence-electron chi connectivity index (χ4n) is 6.79. The van der Waals surface area contributed by atoms with Crippen molar-refractivity contribution in [2.75, 3.05) is 13.1 Å². The first kappa shape index (κ1) is 16.5. The van der Waals surface area contributed by atoms with E-state index in [1.807, 2.05) is 6.92 Å². The van der Waals surface area contributed by atoms with Gasteiger partial charge in [0.1, 0.15) is 23.0 Å². The second-order valence-corrected chi connectivity index (χ2v) is 8.52. The molecule has 2 saturated carbocycles. The summed E-state index contributed by atoms with van der Waals surface area (Å²) < 4.78 is 5.12. The molecule has 6 heteroatoms. The molecule has 6 nitrogen and oxygen atoms in total. The second kappa shape index (κ2) is 5.02. The molecule has 2 aliphatic heterocycles. The Hall–Kier alpha value is -0.980. The number of ether oxygens (including phenoxy) is 1. The predicted octanol–water partition coefficient (Wildman–Crippen LogP) is 1.54. The van der Waals surface area contributed by atoms with Gasteiger partial charge in [0.2, 0.25) is 0 Å². The lowest BCUT2D eigenvalue weighted by molar-refractivity contribution is -0.960. The van der Waals surface area contributed by atoms with Gasteiger partial charge in [-0.3, -0.25) is 9.59 Å². The molecule has 1 spiro atoms. The molecule has 7 atom stereocenters. The number of carbonyl (C=O) groups is 2. The van der Waals surface area contributed by atoms with Crippen molar-refractivity contribution < 1.29 is 24.1 Å². The molecule has 2 aliphatic carbocycles. The quantitative estimate of drug-likeness (QED) is 0.445. The third-order valence-corrected chi connectivity index (χ3v) is 7.46. The number of hydrogen-bond donors (Lipinski definition) is 1. The number of nitrogens with zero attached hydrogens (tertiary/aromatic N) is 1. The second-order valence-electron chi connectivity index (χ2n) is 8.52. The van der Waals surface area contributed by atoms with Gasteiger partial charge in [-0.05, 0) is 31.6 Å². The summed E-state index contributed by atoms with van der Waals surface area (Å²) in [5, 5.41) is 25.6. The Labute approximate surface area is 142 Å².